The molecule has 1 nitrogen and oxygen atoms in total. The van der Waals surface area contributed by atoms with Crippen LogP contribution in [0.4, 0.5) is 0 Å². The molecule has 0 bridgehead atoms. The summed E-state index contributed by atoms with van der Waals surface area (Å²) >= 11 is 5.16. The molecule has 18 heavy (non-hydrogen) atoms. The zero-order chi connectivity index (χ0) is 13.5. The zero-order valence-electron chi connectivity index (χ0n) is 12.2. The van der Waals surface area contributed by atoms with Crippen LogP contribution in [0.2, 0.25) is 0 Å². The van der Waals surface area contributed by atoms with Gasteiger partial charge in [0.15, 0.2) is 5.05 Å². The quantitative estimate of drug-likeness (QED) is 0.251. The maximum Gasteiger partial charge on any atom is 0.160 e. The van der Waals surface area contributed by atoms with Crippen molar-refractivity contribution in [3.05, 3.63) is 12.2 Å². The van der Waals surface area contributed by atoms with Gasteiger partial charge in [-0.3, -0.25) is 0 Å². The molecule has 0 unspecified atom stereocenters. The molecule has 0 fully saturated rings. The number of allylic oxidation sites excluding steroid dienone is 1. The van der Waals surface area contributed by atoms with E-state index in [9.17, 15) is 0 Å². The van der Waals surface area contributed by atoms with Crippen LogP contribution in [0.1, 0.15) is 78.1 Å². The molecule has 0 aromatic heterocycles. The van der Waals surface area contributed by atoms with Crippen molar-refractivity contribution in [1.82, 2.24) is 0 Å². The highest BCUT2D eigenvalue weighted by Gasteiger charge is 1.97. The summed E-state index contributed by atoms with van der Waals surface area (Å²) in [6.45, 7) is 4.89. The lowest BCUT2D eigenvalue weighted by atomic mass is 10.1. The van der Waals surface area contributed by atoms with E-state index in [-0.39, 0.29) is 0 Å². The van der Waals surface area contributed by atoms with Gasteiger partial charge in [-0.1, -0.05) is 70.4 Å². The summed E-state index contributed by atoms with van der Waals surface area (Å²) in [5, 5.41) is 0.774. The Morgan fingerprint density at radius 3 is 2.06 bits per heavy atom. The van der Waals surface area contributed by atoms with Gasteiger partial charge in [-0.25, -0.2) is 0 Å². The van der Waals surface area contributed by atoms with Crippen LogP contribution < -0.4 is 0 Å². The third kappa shape index (κ3) is 13.7. The summed E-state index contributed by atoms with van der Waals surface area (Å²) in [5.74, 6) is 0. The predicted octanol–water partition coefficient (Wildman–Crippen LogP) is 5.83. The summed E-state index contributed by atoms with van der Waals surface area (Å²) in [4.78, 5) is 0. The Balaban J connectivity index is 3.12. The van der Waals surface area contributed by atoms with E-state index in [0.717, 1.165) is 11.5 Å². The van der Waals surface area contributed by atoms with Crippen LogP contribution in [0.25, 0.3) is 0 Å². The fraction of sp³-hybridized carbons (Fsp3) is 0.812. The lowest BCUT2D eigenvalue weighted by molar-refractivity contribution is 0.347. The minimum atomic E-state index is 0.632. The van der Waals surface area contributed by atoms with E-state index >= 15 is 0 Å². The van der Waals surface area contributed by atoms with Crippen LogP contribution in [0, 0.1) is 0 Å². The van der Waals surface area contributed by atoms with E-state index in [1.807, 2.05) is 19.1 Å². The zero-order valence-corrected chi connectivity index (χ0v) is 13.1. The first-order valence-electron chi connectivity index (χ1n) is 7.58. The fourth-order valence-corrected chi connectivity index (χ4v) is 2.10. The van der Waals surface area contributed by atoms with Gasteiger partial charge < -0.3 is 4.74 Å². The van der Waals surface area contributed by atoms with Crippen molar-refractivity contribution < 1.29 is 4.74 Å². The summed E-state index contributed by atoms with van der Waals surface area (Å²) in [5.41, 5.74) is 0. The second-order valence-electron chi connectivity index (χ2n) is 4.83. The fourth-order valence-electron chi connectivity index (χ4n) is 1.89. The van der Waals surface area contributed by atoms with E-state index in [2.05, 4.69) is 6.92 Å². The Hall–Kier alpha value is -0.370. The molecule has 0 heterocycles. The van der Waals surface area contributed by atoms with Crippen molar-refractivity contribution in [2.24, 2.45) is 0 Å². The average molecular weight is 270 g/mol. The van der Waals surface area contributed by atoms with Gasteiger partial charge in [0.1, 0.15) is 6.61 Å². The van der Waals surface area contributed by atoms with Gasteiger partial charge in [0, 0.05) is 6.42 Å². The highest BCUT2D eigenvalue weighted by atomic mass is 32.1. The van der Waals surface area contributed by atoms with Gasteiger partial charge in [0.25, 0.3) is 0 Å². The van der Waals surface area contributed by atoms with Crippen LogP contribution >= 0.6 is 12.2 Å². The largest absolute Gasteiger partial charge is 0.483 e. The number of rotatable bonds is 12. The van der Waals surface area contributed by atoms with Crippen LogP contribution in [0.15, 0.2) is 12.2 Å². The van der Waals surface area contributed by atoms with Gasteiger partial charge in [0.05, 0.1) is 0 Å². The summed E-state index contributed by atoms with van der Waals surface area (Å²) in [6.07, 6.45) is 17.1. The molecule has 0 atom stereocenters. The SMILES string of the molecule is CC=CCOC(=S)CCCCCCCCCCC. The molecule has 0 saturated carbocycles. The Morgan fingerprint density at radius 1 is 0.944 bits per heavy atom. The maximum absolute atomic E-state index is 5.40. The molecule has 0 rings (SSSR count). The molecule has 0 N–H and O–H groups in total. The molecule has 0 amide bonds. The second-order valence-corrected chi connectivity index (χ2v) is 5.29. The van der Waals surface area contributed by atoms with Crippen LogP contribution in [-0.4, -0.2) is 11.7 Å². The molecule has 0 aliphatic heterocycles. The van der Waals surface area contributed by atoms with Gasteiger partial charge in [-0.15, -0.1) is 0 Å². The van der Waals surface area contributed by atoms with Crippen LogP contribution in [-0.2, 0) is 4.74 Å². The Bertz CT molecular complexity index is 211. The van der Waals surface area contributed by atoms with Crippen molar-refractivity contribution in [3.8, 4) is 0 Å². The number of hydrogen-bond acceptors (Lipinski definition) is 2. The Labute approximate surface area is 119 Å². The lowest BCUT2D eigenvalue weighted by Gasteiger charge is -2.05. The number of unbranched alkanes of at least 4 members (excludes halogenated alkanes) is 8. The first kappa shape index (κ1) is 17.6. The maximum atomic E-state index is 5.40. The van der Waals surface area contributed by atoms with Crippen molar-refractivity contribution in [1.29, 1.82) is 0 Å². The second kappa shape index (κ2) is 14.7. The molecular weight excluding hydrogens is 240 g/mol. The third-order valence-electron chi connectivity index (χ3n) is 3.06. The number of ether oxygens (including phenoxy) is 1. The smallest absolute Gasteiger partial charge is 0.160 e. The normalized spacial score (nSPS) is 11.0. The van der Waals surface area contributed by atoms with E-state index in [1.165, 1.54) is 57.8 Å². The molecule has 0 radical (unpaired) electrons. The minimum Gasteiger partial charge on any atom is -0.483 e. The average Bonchev–Trinajstić information content (AvgIpc) is 2.37. The molecule has 0 aliphatic rings. The topological polar surface area (TPSA) is 9.23 Å². The third-order valence-corrected chi connectivity index (χ3v) is 3.38. The van der Waals surface area contributed by atoms with E-state index < -0.39 is 0 Å². The predicted molar refractivity (Wildman–Crippen MR) is 85.2 cm³/mol. The highest BCUT2D eigenvalue weighted by Crippen LogP contribution is 2.11. The molecule has 0 aliphatic carbocycles. The van der Waals surface area contributed by atoms with Gasteiger partial charge in [0.2, 0.25) is 0 Å². The minimum absolute atomic E-state index is 0.632. The first-order valence-corrected chi connectivity index (χ1v) is 7.98. The van der Waals surface area contributed by atoms with Crippen LogP contribution in [0.3, 0.4) is 0 Å². The van der Waals surface area contributed by atoms with Crippen molar-refractivity contribution in [3.63, 3.8) is 0 Å². The van der Waals surface area contributed by atoms with Crippen molar-refractivity contribution in [2.75, 3.05) is 6.61 Å². The molecular formula is C16H30OS. The van der Waals surface area contributed by atoms with Gasteiger partial charge >= 0.3 is 0 Å². The summed E-state index contributed by atoms with van der Waals surface area (Å²) in [6, 6.07) is 0. The molecule has 2 heteroatoms. The number of thiocarbonyl (C=S) groups is 1. The first-order chi connectivity index (χ1) is 8.81. The van der Waals surface area contributed by atoms with Gasteiger partial charge in [-0.05, 0) is 25.6 Å². The Morgan fingerprint density at radius 2 is 1.50 bits per heavy atom. The molecule has 0 aromatic carbocycles. The van der Waals surface area contributed by atoms with Crippen molar-refractivity contribution >= 4 is 17.3 Å². The lowest BCUT2D eigenvalue weighted by Crippen LogP contribution is -2.01. The van der Waals surface area contributed by atoms with E-state index in [4.69, 9.17) is 17.0 Å². The monoisotopic (exact) mass is 270 g/mol. The Kier molecular flexibility index (Phi) is 14.4. The standard InChI is InChI=1S/C16H30OS/c1-3-5-7-8-9-10-11-12-13-14-16(18)17-15-6-4-2/h4,6H,3,5,7-15H2,1-2H3. The van der Waals surface area contributed by atoms with E-state index in [1.54, 1.807) is 0 Å². The molecule has 0 spiro atoms. The summed E-state index contributed by atoms with van der Waals surface area (Å²) < 4.78 is 5.40. The number of hydrogen-bond donors (Lipinski definition) is 0. The summed E-state index contributed by atoms with van der Waals surface area (Å²) in [7, 11) is 0. The molecule has 0 saturated heterocycles. The molecule has 106 valence electrons. The van der Waals surface area contributed by atoms with E-state index in [0.29, 0.717) is 6.61 Å². The van der Waals surface area contributed by atoms with Crippen LogP contribution in [0.5, 0.6) is 0 Å². The molecule has 0 aromatic rings. The highest BCUT2D eigenvalue weighted by molar-refractivity contribution is 7.80. The van der Waals surface area contributed by atoms with Gasteiger partial charge in [-0.2, -0.15) is 0 Å². The van der Waals surface area contributed by atoms with Crippen molar-refractivity contribution in [2.45, 2.75) is 78.1 Å².